The Hall–Kier alpha value is -3.79. The predicted octanol–water partition coefficient (Wildman–Crippen LogP) is 4.00. The summed E-state index contributed by atoms with van der Waals surface area (Å²) in [6, 6.07) is 14.3. The third kappa shape index (κ3) is 4.44. The number of nitrogens with zero attached hydrogens (tertiary/aromatic N) is 2. The van der Waals surface area contributed by atoms with Gasteiger partial charge in [-0.2, -0.15) is 5.26 Å². The van der Waals surface area contributed by atoms with Crippen LogP contribution in [0, 0.1) is 11.3 Å². The van der Waals surface area contributed by atoms with Gasteiger partial charge in [0, 0.05) is 29.2 Å². The molecule has 2 aromatic carbocycles. The van der Waals surface area contributed by atoms with E-state index in [1.54, 1.807) is 18.3 Å². The van der Waals surface area contributed by atoms with Crippen molar-refractivity contribution in [3.8, 4) is 17.6 Å². The number of fused-ring (bicyclic) bond motifs is 1. The third-order valence-corrected chi connectivity index (χ3v) is 4.59. The highest BCUT2D eigenvalue weighted by Crippen LogP contribution is 2.28. The van der Waals surface area contributed by atoms with E-state index in [1.165, 1.54) is 13.2 Å². The molecule has 0 saturated heterocycles. The zero-order valence-corrected chi connectivity index (χ0v) is 16.9. The molecule has 0 N–H and O–H groups in total. The van der Waals surface area contributed by atoms with Gasteiger partial charge in [-0.25, -0.2) is 4.79 Å². The van der Waals surface area contributed by atoms with Gasteiger partial charge in [-0.05, 0) is 31.2 Å². The molecule has 0 bridgehead atoms. The molecule has 3 aromatic rings. The number of methoxy groups -OCH3 is 1. The van der Waals surface area contributed by atoms with Gasteiger partial charge in [-0.3, -0.25) is 4.79 Å². The molecule has 0 saturated carbocycles. The van der Waals surface area contributed by atoms with Gasteiger partial charge in [0.25, 0.3) is 0 Å². The SMILES string of the molecule is CCOc1ccc(C(=O)OCC(=O)c2cn(CCC#N)c3ccccc23)cc1OC. The molecule has 30 heavy (non-hydrogen) atoms. The van der Waals surface area contributed by atoms with Crippen molar-refractivity contribution in [1.82, 2.24) is 4.57 Å². The maximum Gasteiger partial charge on any atom is 0.338 e. The minimum Gasteiger partial charge on any atom is -0.493 e. The van der Waals surface area contributed by atoms with Crippen LogP contribution in [0.1, 0.15) is 34.1 Å². The van der Waals surface area contributed by atoms with E-state index in [4.69, 9.17) is 19.5 Å². The standard InChI is InChI=1S/C23H22N2O5/c1-3-29-21-10-9-16(13-22(21)28-2)23(27)30-15-20(26)18-14-25(12-6-11-24)19-8-5-4-7-17(18)19/h4-5,7-10,13-14H,3,6,12,15H2,1-2H3. The number of para-hydroxylation sites is 1. The normalized spacial score (nSPS) is 10.4. The van der Waals surface area contributed by atoms with Gasteiger partial charge in [0.2, 0.25) is 5.78 Å². The summed E-state index contributed by atoms with van der Waals surface area (Å²) in [6.07, 6.45) is 2.04. The van der Waals surface area contributed by atoms with Crippen molar-refractivity contribution in [2.75, 3.05) is 20.3 Å². The van der Waals surface area contributed by atoms with Crippen molar-refractivity contribution in [2.45, 2.75) is 19.9 Å². The first-order valence-electron chi connectivity index (χ1n) is 9.55. The van der Waals surface area contributed by atoms with E-state index in [1.807, 2.05) is 35.8 Å². The molecule has 1 aromatic heterocycles. The molecule has 0 aliphatic heterocycles. The lowest BCUT2D eigenvalue weighted by atomic mass is 10.1. The predicted molar refractivity (Wildman–Crippen MR) is 111 cm³/mol. The number of ketones is 1. The fourth-order valence-corrected chi connectivity index (χ4v) is 3.19. The van der Waals surface area contributed by atoms with E-state index in [9.17, 15) is 9.59 Å². The van der Waals surface area contributed by atoms with Crippen molar-refractivity contribution in [3.63, 3.8) is 0 Å². The zero-order chi connectivity index (χ0) is 21.5. The van der Waals surface area contributed by atoms with Crippen molar-refractivity contribution >= 4 is 22.7 Å². The fraction of sp³-hybridized carbons (Fsp3) is 0.261. The first-order valence-corrected chi connectivity index (χ1v) is 9.55. The van der Waals surface area contributed by atoms with Crippen LogP contribution in [0.15, 0.2) is 48.7 Å². The largest absolute Gasteiger partial charge is 0.493 e. The maximum atomic E-state index is 12.7. The number of ether oxygens (including phenoxy) is 3. The molecule has 0 amide bonds. The first kappa shape index (κ1) is 20.9. The number of hydrogen-bond acceptors (Lipinski definition) is 6. The summed E-state index contributed by atoms with van der Waals surface area (Å²) in [5.41, 5.74) is 1.58. The smallest absolute Gasteiger partial charge is 0.338 e. The van der Waals surface area contributed by atoms with E-state index in [0.29, 0.717) is 36.6 Å². The molecule has 0 fully saturated rings. The number of carbonyl (C=O) groups excluding carboxylic acids is 2. The average molecular weight is 406 g/mol. The van der Waals surface area contributed by atoms with Crippen LogP contribution in [0.3, 0.4) is 0 Å². The molecule has 154 valence electrons. The lowest BCUT2D eigenvalue weighted by molar-refractivity contribution is 0.0474. The molecular formula is C23H22N2O5. The second-order valence-corrected chi connectivity index (χ2v) is 6.46. The molecule has 7 heteroatoms. The average Bonchev–Trinajstić information content (AvgIpc) is 3.15. The number of nitriles is 1. The number of Topliss-reactive ketones (excluding diaryl/α,β-unsaturated/α-hetero) is 1. The van der Waals surface area contributed by atoms with E-state index >= 15 is 0 Å². The Kier molecular flexibility index (Phi) is 6.71. The molecule has 1 heterocycles. The van der Waals surface area contributed by atoms with E-state index in [0.717, 1.165) is 10.9 Å². The minimum absolute atomic E-state index is 0.263. The highest BCUT2D eigenvalue weighted by Gasteiger charge is 2.18. The number of aryl methyl sites for hydroxylation is 1. The van der Waals surface area contributed by atoms with Crippen molar-refractivity contribution in [3.05, 3.63) is 59.8 Å². The number of carbonyl (C=O) groups is 2. The molecule has 0 aliphatic carbocycles. The van der Waals surface area contributed by atoms with Crippen molar-refractivity contribution in [2.24, 2.45) is 0 Å². The van der Waals surface area contributed by atoms with E-state index < -0.39 is 5.97 Å². The van der Waals surface area contributed by atoms with Gasteiger partial charge in [0.15, 0.2) is 18.1 Å². The van der Waals surface area contributed by atoms with Gasteiger partial charge >= 0.3 is 5.97 Å². The second kappa shape index (κ2) is 9.61. The third-order valence-electron chi connectivity index (χ3n) is 4.59. The van der Waals surface area contributed by atoms with Crippen LogP contribution in [0.4, 0.5) is 0 Å². The summed E-state index contributed by atoms with van der Waals surface area (Å²) >= 11 is 0. The molecule has 0 atom stereocenters. The Morgan fingerprint density at radius 1 is 1.13 bits per heavy atom. The highest BCUT2D eigenvalue weighted by atomic mass is 16.5. The Morgan fingerprint density at radius 2 is 1.93 bits per heavy atom. The Bertz CT molecular complexity index is 1110. The summed E-state index contributed by atoms with van der Waals surface area (Å²) < 4.78 is 17.8. The molecular weight excluding hydrogens is 384 g/mol. The van der Waals surface area contributed by atoms with Gasteiger partial charge in [0.05, 0.1) is 31.8 Å². The molecule has 3 rings (SSSR count). The van der Waals surface area contributed by atoms with Crippen molar-refractivity contribution < 1.29 is 23.8 Å². The topological polar surface area (TPSA) is 90.5 Å². The second-order valence-electron chi connectivity index (χ2n) is 6.46. The van der Waals surface area contributed by atoms with Crippen LogP contribution in [0.25, 0.3) is 10.9 Å². The molecule has 0 aliphatic rings. The summed E-state index contributed by atoms with van der Waals surface area (Å²) in [6.45, 7) is 2.41. The van der Waals surface area contributed by atoms with Gasteiger partial charge in [-0.1, -0.05) is 18.2 Å². The van der Waals surface area contributed by atoms with E-state index in [-0.39, 0.29) is 18.0 Å². The number of hydrogen-bond donors (Lipinski definition) is 0. The maximum absolute atomic E-state index is 12.7. The first-order chi connectivity index (χ1) is 14.6. The Balaban J connectivity index is 1.74. The number of rotatable bonds is 9. The number of aromatic nitrogens is 1. The van der Waals surface area contributed by atoms with Crippen LogP contribution in [-0.2, 0) is 11.3 Å². The summed E-state index contributed by atoms with van der Waals surface area (Å²) in [7, 11) is 1.48. The van der Waals surface area contributed by atoms with E-state index in [2.05, 4.69) is 6.07 Å². The molecule has 7 nitrogen and oxygen atoms in total. The monoisotopic (exact) mass is 406 g/mol. The quantitative estimate of drug-likeness (QED) is 0.394. The highest BCUT2D eigenvalue weighted by molar-refractivity contribution is 6.09. The number of benzene rings is 2. The van der Waals surface area contributed by atoms with Crippen LogP contribution in [-0.4, -0.2) is 36.6 Å². The Labute approximate surface area is 174 Å². The van der Waals surface area contributed by atoms with Gasteiger partial charge in [0.1, 0.15) is 0 Å². The van der Waals surface area contributed by atoms with Crippen LogP contribution < -0.4 is 9.47 Å². The van der Waals surface area contributed by atoms with Crippen LogP contribution >= 0.6 is 0 Å². The molecule has 0 radical (unpaired) electrons. The molecule has 0 unspecified atom stereocenters. The molecule has 0 spiro atoms. The zero-order valence-electron chi connectivity index (χ0n) is 16.9. The lowest BCUT2D eigenvalue weighted by Gasteiger charge is -2.10. The number of esters is 1. The summed E-state index contributed by atoms with van der Waals surface area (Å²) in [5.74, 6) is 0.00192. The van der Waals surface area contributed by atoms with Crippen LogP contribution in [0.5, 0.6) is 11.5 Å². The van der Waals surface area contributed by atoms with Crippen LogP contribution in [0.2, 0.25) is 0 Å². The summed E-state index contributed by atoms with van der Waals surface area (Å²) in [4.78, 5) is 25.2. The lowest BCUT2D eigenvalue weighted by Crippen LogP contribution is -2.14. The summed E-state index contributed by atoms with van der Waals surface area (Å²) in [5, 5.41) is 9.61. The minimum atomic E-state index is -0.627. The van der Waals surface area contributed by atoms with Gasteiger partial charge in [-0.15, -0.1) is 0 Å². The van der Waals surface area contributed by atoms with Gasteiger partial charge < -0.3 is 18.8 Å². The Morgan fingerprint density at radius 3 is 2.67 bits per heavy atom. The van der Waals surface area contributed by atoms with Crippen molar-refractivity contribution in [1.29, 1.82) is 5.26 Å². The fourth-order valence-electron chi connectivity index (χ4n) is 3.19.